The molecule has 0 saturated carbocycles. The van der Waals surface area contributed by atoms with E-state index in [2.05, 4.69) is 22.1 Å². The highest BCUT2D eigenvalue weighted by Gasteiger charge is 2.03. The van der Waals surface area contributed by atoms with Gasteiger partial charge in [-0.05, 0) is 29.8 Å². The number of aromatic nitrogens is 2. The number of hydrogen-bond acceptors (Lipinski definition) is 2. The molecule has 0 radical (unpaired) electrons. The van der Waals surface area contributed by atoms with Gasteiger partial charge in [-0.15, -0.1) is 0 Å². The van der Waals surface area contributed by atoms with Crippen LogP contribution in [0.15, 0.2) is 48.5 Å². The zero-order valence-corrected chi connectivity index (χ0v) is 10.2. The second kappa shape index (κ2) is 4.53. The summed E-state index contributed by atoms with van der Waals surface area (Å²) in [5.74, 6) is 1.87. The minimum atomic E-state index is 0.804. The fraction of sp³-hybridized carbons (Fsp3) is 0.133. The lowest BCUT2D eigenvalue weighted by atomic mass is 10.1. The van der Waals surface area contributed by atoms with Gasteiger partial charge in [0.1, 0.15) is 11.6 Å². The second-order valence-electron chi connectivity index (χ2n) is 4.23. The van der Waals surface area contributed by atoms with Crippen LogP contribution in [0.1, 0.15) is 11.4 Å². The van der Waals surface area contributed by atoms with Crippen molar-refractivity contribution in [3.05, 3.63) is 59.9 Å². The standard InChI is InChI=1S/C15H14N2O/c1-18-12-8-6-11(7-9-12)10-15-16-13-4-2-3-5-14(13)17-15/h2-9H,10H2,1H3,(H,16,17). The van der Waals surface area contributed by atoms with Gasteiger partial charge in [0.25, 0.3) is 0 Å². The first-order valence-corrected chi connectivity index (χ1v) is 5.92. The summed E-state index contributed by atoms with van der Waals surface area (Å²) < 4.78 is 5.14. The maximum atomic E-state index is 5.14. The summed E-state index contributed by atoms with van der Waals surface area (Å²) in [7, 11) is 1.67. The van der Waals surface area contributed by atoms with Crippen LogP contribution in [0.4, 0.5) is 0 Å². The number of fused-ring (bicyclic) bond motifs is 1. The number of nitrogens with zero attached hydrogens (tertiary/aromatic N) is 1. The third-order valence-corrected chi connectivity index (χ3v) is 2.97. The quantitative estimate of drug-likeness (QED) is 0.761. The number of methoxy groups -OCH3 is 1. The summed E-state index contributed by atoms with van der Waals surface area (Å²) in [5.41, 5.74) is 3.32. The molecule has 0 fully saturated rings. The van der Waals surface area contributed by atoms with Gasteiger partial charge in [0.05, 0.1) is 18.1 Å². The smallest absolute Gasteiger partial charge is 0.118 e. The first-order chi connectivity index (χ1) is 8.85. The van der Waals surface area contributed by atoms with Gasteiger partial charge < -0.3 is 9.72 Å². The van der Waals surface area contributed by atoms with E-state index < -0.39 is 0 Å². The number of benzene rings is 2. The summed E-state index contributed by atoms with van der Waals surface area (Å²) in [6.07, 6.45) is 0.804. The average molecular weight is 238 g/mol. The molecule has 0 unspecified atom stereocenters. The average Bonchev–Trinajstić information content (AvgIpc) is 2.82. The van der Waals surface area contributed by atoms with Gasteiger partial charge in [0.15, 0.2) is 0 Å². The Morgan fingerprint density at radius 3 is 2.56 bits per heavy atom. The molecule has 3 nitrogen and oxygen atoms in total. The van der Waals surface area contributed by atoms with Crippen LogP contribution in [0, 0.1) is 0 Å². The lowest BCUT2D eigenvalue weighted by Crippen LogP contribution is -1.91. The summed E-state index contributed by atoms with van der Waals surface area (Å²) in [4.78, 5) is 7.89. The van der Waals surface area contributed by atoms with E-state index in [4.69, 9.17) is 4.74 Å². The van der Waals surface area contributed by atoms with E-state index in [9.17, 15) is 0 Å². The van der Waals surface area contributed by atoms with Crippen molar-refractivity contribution in [1.29, 1.82) is 0 Å². The number of aromatic amines is 1. The van der Waals surface area contributed by atoms with Crippen molar-refractivity contribution in [2.75, 3.05) is 7.11 Å². The topological polar surface area (TPSA) is 37.9 Å². The summed E-state index contributed by atoms with van der Waals surface area (Å²) in [6.45, 7) is 0. The van der Waals surface area contributed by atoms with Crippen LogP contribution in [-0.4, -0.2) is 17.1 Å². The maximum Gasteiger partial charge on any atom is 0.118 e. The lowest BCUT2D eigenvalue weighted by Gasteiger charge is -2.01. The lowest BCUT2D eigenvalue weighted by molar-refractivity contribution is 0.414. The molecule has 1 heterocycles. The molecule has 0 saturated heterocycles. The zero-order chi connectivity index (χ0) is 12.4. The van der Waals surface area contributed by atoms with E-state index in [1.807, 2.05) is 36.4 Å². The molecule has 1 aromatic heterocycles. The third kappa shape index (κ3) is 2.07. The Hall–Kier alpha value is -2.29. The van der Waals surface area contributed by atoms with Crippen LogP contribution >= 0.6 is 0 Å². The number of para-hydroxylation sites is 2. The molecule has 0 spiro atoms. The Bertz CT molecular complexity index is 623. The highest BCUT2D eigenvalue weighted by atomic mass is 16.5. The number of nitrogens with one attached hydrogen (secondary N) is 1. The SMILES string of the molecule is COc1ccc(Cc2nc3ccccc3[nH]2)cc1. The molecule has 18 heavy (non-hydrogen) atoms. The maximum absolute atomic E-state index is 5.14. The molecule has 3 heteroatoms. The minimum absolute atomic E-state index is 0.804. The van der Waals surface area contributed by atoms with Gasteiger partial charge in [0.2, 0.25) is 0 Å². The van der Waals surface area contributed by atoms with Gasteiger partial charge in [-0.3, -0.25) is 0 Å². The van der Waals surface area contributed by atoms with Crippen molar-refractivity contribution in [2.24, 2.45) is 0 Å². The molecule has 0 aliphatic carbocycles. The first-order valence-electron chi connectivity index (χ1n) is 5.92. The van der Waals surface area contributed by atoms with Gasteiger partial charge >= 0.3 is 0 Å². The summed E-state index contributed by atoms with van der Waals surface area (Å²) >= 11 is 0. The van der Waals surface area contributed by atoms with E-state index in [0.717, 1.165) is 29.0 Å². The van der Waals surface area contributed by atoms with Gasteiger partial charge in [-0.2, -0.15) is 0 Å². The highest BCUT2D eigenvalue weighted by molar-refractivity contribution is 5.74. The van der Waals surface area contributed by atoms with Gasteiger partial charge in [-0.1, -0.05) is 24.3 Å². The predicted molar refractivity (Wildman–Crippen MR) is 71.9 cm³/mol. The molecule has 0 aliphatic heterocycles. The number of ether oxygens (including phenoxy) is 1. The van der Waals surface area contributed by atoms with Crippen LogP contribution in [0.2, 0.25) is 0 Å². The van der Waals surface area contributed by atoms with Gasteiger partial charge in [-0.25, -0.2) is 4.98 Å². The van der Waals surface area contributed by atoms with Crippen molar-refractivity contribution in [3.8, 4) is 5.75 Å². The Balaban J connectivity index is 1.86. The molecule has 0 bridgehead atoms. The van der Waals surface area contributed by atoms with Crippen molar-refractivity contribution >= 4 is 11.0 Å². The van der Waals surface area contributed by atoms with E-state index in [0.29, 0.717) is 0 Å². The molecular formula is C15H14N2O. The van der Waals surface area contributed by atoms with Crippen molar-refractivity contribution in [1.82, 2.24) is 9.97 Å². The Kier molecular flexibility index (Phi) is 2.73. The number of H-pyrrole nitrogens is 1. The molecule has 90 valence electrons. The molecule has 0 aliphatic rings. The number of imidazole rings is 1. The van der Waals surface area contributed by atoms with Crippen LogP contribution in [0.5, 0.6) is 5.75 Å². The van der Waals surface area contributed by atoms with E-state index in [-0.39, 0.29) is 0 Å². The Labute approximate surface area is 105 Å². The van der Waals surface area contributed by atoms with E-state index >= 15 is 0 Å². The third-order valence-electron chi connectivity index (χ3n) is 2.97. The molecule has 3 rings (SSSR count). The fourth-order valence-corrected chi connectivity index (χ4v) is 2.03. The van der Waals surface area contributed by atoms with Crippen molar-refractivity contribution < 1.29 is 4.74 Å². The van der Waals surface area contributed by atoms with Crippen molar-refractivity contribution in [2.45, 2.75) is 6.42 Å². The normalized spacial score (nSPS) is 10.7. The second-order valence-corrected chi connectivity index (χ2v) is 4.23. The Morgan fingerprint density at radius 2 is 1.83 bits per heavy atom. The summed E-state index contributed by atoms with van der Waals surface area (Å²) in [5, 5.41) is 0. The fourth-order valence-electron chi connectivity index (χ4n) is 2.03. The molecular weight excluding hydrogens is 224 g/mol. The number of hydrogen-bond donors (Lipinski definition) is 1. The molecule has 3 aromatic rings. The molecule has 1 N–H and O–H groups in total. The minimum Gasteiger partial charge on any atom is -0.497 e. The zero-order valence-electron chi connectivity index (χ0n) is 10.2. The van der Waals surface area contributed by atoms with E-state index in [1.54, 1.807) is 7.11 Å². The Morgan fingerprint density at radius 1 is 1.06 bits per heavy atom. The molecule has 0 atom stereocenters. The molecule has 2 aromatic carbocycles. The first kappa shape index (κ1) is 10.8. The summed E-state index contributed by atoms with van der Waals surface area (Å²) in [6, 6.07) is 16.1. The van der Waals surface area contributed by atoms with Crippen LogP contribution < -0.4 is 4.74 Å². The van der Waals surface area contributed by atoms with Crippen molar-refractivity contribution in [3.63, 3.8) is 0 Å². The largest absolute Gasteiger partial charge is 0.497 e. The number of rotatable bonds is 3. The van der Waals surface area contributed by atoms with Gasteiger partial charge in [0, 0.05) is 6.42 Å². The monoisotopic (exact) mass is 238 g/mol. The molecule has 0 amide bonds. The van der Waals surface area contributed by atoms with Crippen LogP contribution in [-0.2, 0) is 6.42 Å². The van der Waals surface area contributed by atoms with E-state index in [1.165, 1.54) is 5.56 Å². The highest BCUT2D eigenvalue weighted by Crippen LogP contribution is 2.16. The van der Waals surface area contributed by atoms with Crippen LogP contribution in [0.3, 0.4) is 0 Å². The van der Waals surface area contributed by atoms with Crippen LogP contribution in [0.25, 0.3) is 11.0 Å². The predicted octanol–water partition coefficient (Wildman–Crippen LogP) is 3.16.